The molecule has 2 saturated heterocycles. The Morgan fingerprint density at radius 2 is 1.54 bits per heavy atom. The van der Waals surface area contributed by atoms with Crippen LogP contribution in [0.1, 0.15) is 6.92 Å². The molecule has 1 amide bonds. The van der Waals surface area contributed by atoms with Gasteiger partial charge in [-0.1, -0.05) is 0 Å². The normalized spacial score (nSPS) is 46.8. The minimum Gasteiger partial charge on any atom is -0.394 e. The number of hydrogen-bond acceptors (Lipinski definition) is 11. The Balaban J connectivity index is 1.95. The first-order chi connectivity index (χ1) is 12.2. The van der Waals surface area contributed by atoms with Crippen molar-refractivity contribution in [2.45, 2.75) is 68.3 Å². The maximum Gasteiger partial charge on any atom is 0.217 e. The summed E-state index contributed by atoms with van der Waals surface area (Å²) in [7, 11) is 0. The van der Waals surface area contributed by atoms with Gasteiger partial charge >= 0.3 is 0 Å². The highest BCUT2D eigenvalue weighted by molar-refractivity contribution is 5.73. The first kappa shape index (κ1) is 21.4. The van der Waals surface area contributed by atoms with Crippen molar-refractivity contribution in [3.8, 4) is 0 Å². The number of nitrogens with one attached hydrogen (secondary N) is 1. The van der Waals surface area contributed by atoms with Gasteiger partial charge in [-0.2, -0.15) is 0 Å². The summed E-state index contributed by atoms with van der Waals surface area (Å²) >= 11 is 0. The van der Waals surface area contributed by atoms with Crippen molar-refractivity contribution in [2.24, 2.45) is 0 Å². The molecule has 12 nitrogen and oxygen atoms in total. The maximum atomic E-state index is 11.1. The summed E-state index contributed by atoms with van der Waals surface area (Å²) in [5.41, 5.74) is 0. The minimum absolute atomic E-state index is 0.467. The molecule has 10 atom stereocenters. The van der Waals surface area contributed by atoms with Gasteiger partial charge in [0.15, 0.2) is 12.6 Å². The molecular weight excluding hydrogens is 358 g/mol. The van der Waals surface area contributed by atoms with Crippen molar-refractivity contribution in [3.63, 3.8) is 0 Å². The van der Waals surface area contributed by atoms with Crippen molar-refractivity contribution < 1.29 is 54.8 Å². The van der Waals surface area contributed by atoms with Crippen LogP contribution in [0.2, 0.25) is 0 Å². The zero-order chi connectivity index (χ0) is 19.6. The monoisotopic (exact) mass is 383 g/mol. The second-order valence-electron chi connectivity index (χ2n) is 6.30. The molecule has 0 unspecified atom stereocenters. The highest BCUT2D eigenvalue weighted by atomic mass is 16.7. The first-order valence-electron chi connectivity index (χ1n) is 8.06. The molecule has 2 rings (SSSR count). The van der Waals surface area contributed by atoms with Gasteiger partial charge in [-0.3, -0.25) is 4.79 Å². The Labute approximate surface area is 148 Å². The molecular formula is C14H25NO11. The average molecular weight is 383 g/mol. The van der Waals surface area contributed by atoms with E-state index in [1.807, 2.05) is 0 Å². The van der Waals surface area contributed by atoms with Crippen LogP contribution in [0.25, 0.3) is 0 Å². The molecule has 12 heteroatoms. The van der Waals surface area contributed by atoms with Gasteiger partial charge < -0.3 is 55.3 Å². The summed E-state index contributed by atoms with van der Waals surface area (Å²) in [5.74, 6) is -0.542. The molecule has 0 aromatic heterocycles. The third-order valence-electron chi connectivity index (χ3n) is 4.36. The van der Waals surface area contributed by atoms with Crippen molar-refractivity contribution in [2.75, 3.05) is 13.2 Å². The van der Waals surface area contributed by atoms with Gasteiger partial charge in [0.1, 0.15) is 48.8 Å². The first-order valence-corrected chi connectivity index (χ1v) is 8.06. The fraction of sp³-hybridized carbons (Fsp3) is 0.929. The number of carbonyl (C=O) groups is 1. The number of carbonyl (C=O) groups excluding carboxylic acids is 1. The van der Waals surface area contributed by atoms with E-state index in [0.29, 0.717) is 0 Å². The molecule has 2 aliphatic heterocycles. The predicted molar refractivity (Wildman–Crippen MR) is 80.2 cm³/mol. The Kier molecular flexibility index (Phi) is 7.27. The van der Waals surface area contributed by atoms with Crippen LogP contribution in [0.3, 0.4) is 0 Å². The number of amides is 1. The molecule has 0 saturated carbocycles. The fourth-order valence-corrected chi connectivity index (χ4v) is 2.87. The molecule has 152 valence electrons. The summed E-state index contributed by atoms with van der Waals surface area (Å²) in [4.78, 5) is 11.1. The molecule has 0 aromatic rings. The maximum absolute atomic E-state index is 11.1. The zero-order valence-corrected chi connectivity index (χ0v) is 14.0. The largest absolute Gasteiger partial charge is 0.394 e. The van der Waals surface area contributed by atoms with E-state index in [1.165, 1.54) is 6.92 Å². The summed E-state index contributed by atoms with van der Waals surface area (Å²) < 4.78 is 15.5. The SMILES string of the molecule is CC(=O)N[C@H]1[C@@H](O)[C@@H](O)[C@@H](CO[C@@H]2O[C@H](CO)[C@H](O)[C@H](O)[C@H]2O)O[C@@H]1O. The zero-order valence-electron chi connectivity index (χ0n) is 14.0. The van der Waals surface area contributed by atoms with Crippen LogP contribution in [0.4, 0.5) is 0 Å². The van der Waals surface area contributed by atoms with E-state index in [4.69, 9.17) is 19.3 Å². The highest BCUT2D eigenvalue weighted by Gasteiger charge is 2.47. The molecule has 2 heterocycles. The number of ether oxygens (including phenoxy) is 3. The summed E-state index contributed by atoms with van der Waals surface area (Å²) in [6, 6.07) is -1.24. The molecule has 26 heavy (non-hydrogen) atoms. The molecule has 2 aliphatic rings. The second-order valence-corrected chi connectivity index (χ2v) is 6.30. The molecule has 0 aliphatic carbocycles. The van der Waals surface area contributed by atoms with Crippen LogP contribution < -0.4 is 5.32 Å². The van der Waals surface area contributed by atoms with Gasteiger partial charge in [-0.25, -0.2) is 0 Å². The van der Waals surface area contributed by atoms with Crippen molar-refractivity contribution >= 4 is 5.91 Å². The van der Waals surface area contributed by atoms with Gasteiger partial charge in [0, 0.05) is 6.92 Å². The molecule has 2 fully saturated rings. The summed E-state index contributed by atoms with van der Waals surface area (Å²) in [6.07, 6.45) is -13.4. The van der Waals surface area contributed by atoms with Crippen LogP contribution in [0.15, 0.2) is 0 Å². The second kappa shape index (κ2) is 8.84. The fourth-order valence-electron chi connectivity index (χ4n) is 2.87. The van der Waals surface area contributed by atoms with Crippen LogP contribution in [-0.2, 0) is 19.0 Å². The van der Waals surface area contributed by atoms with E-state index in [9.17, 15) is 35.4 Å². The van der Waals surface area contributed by atoms with Gasteiger partial charge in [0.25, 0.3) is 0 Å². The quantitative estimate of drug-likeness (QED) is 0.226. The number of hydrogen-bond donors (Lipinski definition) is 8. The number of aliphatic hydroxyl groups excluding tert-OH is 7. The topological polar surface area (TPSA) is 198 Å². The number of aliphatic hydroxyl groups is 7. The van der Waals surface area contributed by atoms with Crippen LogP contribution in [0, 0.1) is 0 Å². The molecule has 8 N–H and O–H groups in total. The number of rotatable bonds is 5. The van der Waals surface area contributed by atoms with Crippen LogP contribution in [0.5, 0.6) is 0 Å². The Hall–Kier alpha value is -0.930. The minimum atomic E-state index is -1.64. The predicted octanol–water partition coefficient (Wildman–Crippen LogP) is -5.25. The lowest BCUT2D eigenvalue weighted by Gasteiger charge is -2.42. The van der Waals surface area contributed by atoms with Gasteiger partial charge in [-0.15, -0.1) is 0 Å². The van der Waals surface area contributed by atoms with Crippen molar-refractivity contribution in [1.29, 1.82) is 0 Å². The van der Waals surface area contributed by atoms with E-state index in [2.05, 4.69) is 5.32 Å². The third kappa shape index (κ3) is 4.48. The lowest BCUT2D eigenvalue weighted by Crippen LogP contribution is -2.64. The van der Waals surface area contributed by atoms with Crippen molar-refractivity contribution in [1.82, 2.24) is 5.32 Å². The average Bonchev–Trinajstić information content (AvgIpc) is 2.59. The van der Waals surface area contributed by atoms with Crippen LogP contribution >= 0.6 is 0 Å². The van der Waals surface area contributed by atoms with Crippen molar-refractivity contribution in [3.05, 3.63) is 0 Å². The third-order valence-corrected chi connectivity index (χ3v) is 4.36. The highest BCUT2D eigenvalue weighted by Crippen LogP contribution is 2.24. The molecule has 0 spiro atoms. The van der Waals surface area contributed by atoms with E-state index in [0.717, 1.165) is 0 Å². The van der Waals surface area contributed by atoms with Gasteiger partial charge in [0.2, 0.25) is 5.91 Å². The Morgan fingerprint density at radius 3 is 2.12 bits per heavy atom. The van der Waals surface area contributed by atoms with E-state index in [1.54, 1.807) is 0 Å². The lowest BCUT2D eigenvalue weighted by molar-refractivity contribution is -0.318. The Morgan fingerprint density at radius 1 is 0.923 bits per heavy atom. The Bertz CT molecular complexity index is 478. The van der Waals surface area contributed by atoms with E-state index in [-0.39, 0.29) is 0 Å². The van der Waals surface area contributed by atoms with E-state index >= 15 is 0 Å². The van der Waals surface area contributed by atoms with E-state index < -0.39 is 80.5 Å². The summed E-state index contributed by atoms with van der Waals surface area (Å²) in [6.45, 7) is 0.0636. The lowest BCUT2D eigenvalue weighted by atomic mass is 9.97. The smallest absolute Gasteiger partial charge is 0.217 e. The molecule has 0 bridgehead atoms. The molecule has 0 aromatic carbocycles. The molecule has 0 radical (unpaired) electrons. The van der Waals surface area contributed by atoms with Crippen LogP contribution in [-0.4, -0.2) is 116 Å². The van der Waals surface area contributed by atoms with Gasteiger partial charge in [0.05, 0.1) is 13.2 Å². The van der Waals surface area contributed by atoms with Gasteiger partial charge in [-0.05, 0) is 0 Å². The standard InChI is InChI=1S/C14H25NO11/c1-4(17)15-7-10(20)9(19)6(25-13(7)23)3-24-14-12(22)11(21)8(18)5(2-16)26-14/h5-14,16,18-23H,2-3H2,1H3,(H,15,17)/t5-,6-,7+,8+,9+,10-,11+,12-,13+,14-/m1/s1. The summed E-state index contributed by atoms with van der Waals surface area (Å²) in [5, 5.41) is 70.6.